The minimum Gasteiger partial charge on any atom is -0.489 e. The summed E-state index contributed by atoms with van der Waals surface area (Å²) in [4.78, 5) is 16.3. The van der Waals surface area contributed by atoms with Gasteiger partial charge in [0.25, 0.3) is 5.91 Å². The molecule has 1 unspecified atom stereocenters. The Morgan fingerprint density at radius 2 is 1.93 bits per heavy atom. The largest absolute Gasteiger partial charge is 0.489 e. The van der Waals surface area contributed by atoms with Crippen LogP contribution in [0.25, 0.3) is 0 Å². The molecule has 7 heteroatoms. The summed E-state index contributed by atoms with van der Waals surface area (Å²) in [5.74, 6) is 0.930. The Morgan fingerprint density at radius 3 is 2.62 bits per heavy atom. The molecule has 0 spiro atoms. The highest BCUT2D eigenvalue weighted by molar-refractivity contribution is 5.94. The van der Waals surface area contributed by atoms with E-state index in [1.54, 1.807) is 25.2 Å². The van der Waals surface area contributed by atoms with Gasteiger partial charge in [0.15, 0.2) is 5.96 Å². The van der Waals surface area contributed by atoms with E-state index in [4.69, 9.17) is 4.74 Å². The number of guanidine groups is 1. The highest BCUT2D eigenvalue weighted by Gasteiger charge is 2.06. The first-order valence-electron chi connectivity index (χ1n) is 9.77. The standard InChI is InChI=1S/C22H29FN4O2/c1-4-25-22(27-15-16(2)29-20-10-8-19(23)9-11-20)26-13-12-17-6-5-7-18(14-17)21(28)24-3/h5-11,14,16H,4,12-13,15H2,1-3H3,(H,24,28)(H2,25,26,27). The van der Waals surface area contributed by atoms with E-state index in [2.05, 4.69) is 20.9 Å². The first-order chi connectivity index (χ1) is 14.0. The third kappa shape index (κ3) is 7.81. The van der Waals surface area contributed by atoms with Crippen molar-refractivity contribution >= 4 is 11.9 Å². The van der Waals surface area contributed by atoms with Gasteiger partial charge in [-0.3, -0.25) is 4.79 Å². The maximum atomic E-state index is 13.0. The Kier molecular flexibility index (Phi) is 8.95. The zero-order chi connectivity index (χ0) is 21.1. The number of nitrogens with zero attached hydrogens (tertiary/aromatic N) is 1. The number of carbonyl (C=O) groups excluding carboxylic acids is 1. The average molecular weight is 400 g/mol. The molecule has 2 aromatic rings. The van der Waals surface area contributed by atoms with Gasteiger partial charge >= 0.3 is 0 Å². The number of amides is 1. The van der Waals surface area contributed by atoms with E-state index in [9.17, 15) is 9.18 Å². The summed E-state index contributed by atoms with van der Waals surface area (Å²) < 4.78 is 18.7. The summed E-state index contributed by atoms with van der Waals surface area (Å²) in [7, 11) is 1.62. The summed E-state index contributed by atoms with van der Waals surface area (Å²) in [6.45, 7) is 5.80. The minimum atomic E-state index is -0.289. The van der Waals surface area contributed by atoms with Crippen molar-refractivity contribution in [3.05, 3.63) is 65.5 Å². The molecule has 6 nitrogen and oxygen atoms in total. The lowest BCUT2D eigenvalue weighted by Gasteiger charge is -2.15. The molecule has 0 aliphatic heterocycles. The van der Waals surface area contributed by atoms with E-state index in [-0.39, 0.29) is 17.8 Å². The van der Waals surface area contributed by atoms with Crippen LogP contribution in [0.1, 0.15) is 29.8 Å². The van der Waals surface area contributed by atoms with Gasteiger partial charge in [-0.15, -0.1) is 0 Å². The molecule has 0 heterocycles. The Labute approximate surface area is 171 Å². The number of benzene rings is 2. The highest BCUT2D eigenvalue weighted by atomic mass is 19.1. The zero-order valence-corrected chi connectivity index (χ0v) is 17.2. The highest BCUT2D eigenvalue weighted by Crippen LogP contribution is 2.13. The Morgan fingerprint density at radius 1 is 1.17 bits per heavy atom. The molecule has 0 bridgehead atoms. The van der Waals surface area contributed by atoms with Gasteiger partial charge in [0, 0.05) is 25.7 Å². The van der Waals surface area contributed by atoms with Gasteiger partial charge in [-0.1, -0.05) is 12.1 Å². The van der Waals surface area contributed by atoms with E-state index in [0.29, 0.717) is 30.4 Å². The van der Waals surface area contributed by atoms with Crippen LogP contribution in [-0.4, -0.2) is 44.7 Å². The van der Waals surface area contributed by atoms with Gasteiger partial charge in [-0.2, -0.15) is 0 Å². The van der Waals surface area contributed by atoms with E-state index < -0.39 is 0 Å². The van der Waals surface area contributed by atoms with Crippen LogP contribution < -0.4 is 20.7 Å². The fourth-order valence-corrected chi connectivity index (χ4v) is 2.68. The Hall–Kier alpha value is -3.09. The van der Waals surface area contributed by atoms with Crippen LogP contribution >= 0.6 is 0 Å². The molecule has 0 fully saturated rings. The van der Waals surface area contributed by atoms with E-state index >= 15 is 0 Å². The maximum absolute atomic E-state index is 13.0. The first kappa shape index (κ1) is 22.2. The Bertz CT molecular complexity index is 809. The number of halogens is 1. The topological polar surface area (TPSA) is 74.8 Å². The van der Waals surface area contributed by atoms with E-state index in [0.717, 1.165) is 18.5 Å². The maximum Gasteiger partial charge on any atom is 0.251 e. The predicted octanol–water partition coefficient (Wildman–Crippen LogP) is 2.75. The third-order valence-corrected chi connectivity index (χ3v) is 4.12. The molecular weight excluding hydrogens is 371 g/mol. The number of aliphatic imine (C=N–C) groups is 1. The summed E-state index contributed by atoms with van der Waals surface area (Å²) in [6.07, 6.45) is 0.608. The summed E-state index contributed by atoms with van der Waals surface area (Å²) >= 11 is 0. The van der Waals surface area contributed by atoms with Crippen LogP contribution in [0.4, 0.5) is 4.39 Å². The fraction of sp³-hybridized carbons (Fsp3) is 0.364. The second-order valence-corrected chi connectivity index (χ2v) is 6.56. The summed E-state index contributed by atoms with van der Waals surface area (Å²) in [5.41, 5.74) is 1.72. The zero-order valence-electron chi connectivity index (χ0n) is 17.2. The second-order valence-electron chi connectivity index (χ2n) is 6.56. The monoisotopic (exact) mass is 400 g/mol. The smallest absolute Gasteiger partial charge is 0.251 e. The molecule has 2 aromatic carbocycles. The second kappa shape index (κ2) is 11.7. The van der Waals surface area contributed by atoms with Crippen molar-refractivity contribution in [2.45, 2.75) is 26.4 Å². The fourth-order valence-electron chi connectivity index (χ4n) is 2.68. The molecule has 0 radical (unpaired) electrons. The molecule has 156 valence electrons. The lowest BCUT2D eigenvalue weighted by Crippen LogP contribution is -2.39. The lowest BCUT2D eigenvalue weighted by atomic mass is 10.1. The third-order valence-electron chi connectivity index (χ3n) is 4.12. The Balaban J connectivity index is 1.85. The molecule has 1 amide bonds. The van der Waals surface area contributed by atoms with Crippen LogP contribution in [0.3, 0.4) is 0 Å². The van der Waals surface area contributed by atoms with Gasteiger partial charge in [-0.25, -0.2) is 9.38 Å². The molecule has 2 rings (SSSR count). The van der Waals surface area contributed by atoms with Crippen molar-refractivity contribution in [2.24, 2.45) is 4.99 Å². The molecule has 0 saturated heterocycles. The molecule has 0 aliphatic rings. The molecular formula is C22H29FN4O2. The normalized spacial score (nSPS) is 12.2. The SMILES string of the molecule is CCNC(=NCC(C)Oc1ccc(F)cc1)NCCc1cccc(C(=O)NC)c1. The molecule has 0 saturated carbocycles. The van der Waals surface area contributed by atoms with Crippen LogP contribution in [0, 0.1) is 5.82 Å². The number of carbonyl (C=O) groups is 1. The van der Waals surface area contributed by atoms with Gasteiger partial charge in [0.05, 0.1) is 6.54 Å². The van der Waals surface area contributed by atoms with Gasteiger partial charge in [0.2, 0.25) is 0 Å². The number of nitrogens with one attached hydrogen (secondary N) is 3. The van der Waals surface area contributed by atoms with Gasteiger partial charge in [-0.05, 0) is 62.2 Å². The number of ether oxygens (including phenoxy) is 1. The summed E-state index contributed by atoms with van der Waals surface area (Å²) in [6, 6.07) is 13.5. The predicted molar refractivity (Wildman–Crippen MR) is 114 cm³/mol. The van der Waals surface area contributed by atoms with Crippen LogP contribution in [0.2, 0.25) is 0 Å². The van der Waals surface area contributed by atoms with Gasteiger partial charge in [0.1, 0.15) is 17.7 Å². The molecule has 1 atom stereocenters. The van der Waals surface area contributed by atoms with Crippen molar-refractivity contribution in [1.82, 2.24) is 16.0 Å². The van der Waals surface area contributed by atoms with Crippen LogP contribution in [0.5, 0.6) is 5.75 Å². The van der Waals surface area contributed by atoms with E-state index in [1.165, 1.54) is 12.1 Å². The quantitative estimate of drug-likeness (QED) is 0.447. The molecule has 0 aromatic heterocycles. The molecule has 3 N–H and O–H groups in total. The van der Waals surface area contributed by atoms with Crippen molar-refractivity contribution in [3.63, 3.8) is 0 Å². The average Bonchev–Trinajstić information content (AvgIpc) is 2.73. The molecule has 0 aliphatic carbocycles. The lowest BCUT2D eigenvalue weighted by molar-refractivity contribution is 0.0963. The number of hydrogen-bond acceptors (Lipinski definition) is 3. The van der Waals surface area contributed by atoms with E-state index in [1.807, 2.05) is 32.0 Å². The number of rotatable bonds is 9. The van der Waals surface area contributed by atoms with Crippen molar-refractivity contribution < 1.29 is 13.9 Å². The summed E-state index contributed by atoms with van der Waals surface area (Å²) in [5, 5.41) is 9.13. The van der Waals surface area contributed by atoms with Crippen molar-refractivity contribution in [1.29, 1.82) is 0 Å². The van der Waals surface area contributed by atoms with Crippen molar-refractivity contribution in [3.8, 4) is 5.75 Å². The minimum absolute atomic E-state index is 0.0927. The first-order valence-corrected chi connectivity index (χ1v) is 9.77. The van der Waals surface area contributed by atoms with Gasteiger partial charge < -0.3 is 20.7 Å². The van der Waals surface area contributed by atoms with Crippen LogP contribution in [0.15, 0.2) is 53.5 Å². The molecule has 29 heavy (non-hydrogen) atoms. The van der Waals surface area contributed by atoms with Crippen molar-refractivity contribution in [2.75, 3.05) is 26.7 Å². The van der Waals surface area contributed by atoms with Crippen LogP contribution in [-0.2, 0) is 6.42 Å². The number of hydrogen-bond donors (Lipinski definition) is 3.